The number of carbonyl (C=O) groups excluding carboxylic acids is 1. The molecular weight excluding hydrogens is 326 g/mol. The zero-order chi connectivity index (χ0) is 18.2. The van der Waals surface area contributed by atoms with Gasteiger partial charge in [0, 0.05) is 38.4 Å². The number of anilines is 1. The van der Waals surface area contributed by atoms with Crippen LogP contribution < -0.4 is 11.2 Å². The minimum absolute atomic E-state index is 0.0896. The largest absolute Gasteiger partial charge is 0.399 e. The molecule has 0 bridgehead atoms. The molecule has 3 rings (SSSR count). The van der Waals surface area contributed by atoms with E-state index in [0.29, 0.717) is 12.2 Å². The molecule has 26 heavy (non-hydrogen) atoms. The number of hydrogen-bond acceptors (Lipinski definition) is 5. The normalized spacial score (nSPS) is 16.0. The molecule has 1 heterocycles. The fourth-order valence-corrected chi connectivity index (χ4v) is 2.95. The fraction of sp³-hybridized carbons (Fsp3) is 0.300. The average molecular weight is 351 g/mol. The second kappa shape index (κ2) is 9.12. The second-order valence-electron chi connectivity index (χ2n) is 6.50. The van der Waals surface area contributed by atoms with Gasteiger partial charge in [0.1, 0.15) is 0 Å². The quantitative estimate of drug-likeness (QED) is 0.470. The number of hydrogen-bond donors (Lipinski definition) is 2. The van der Waals surface area contributed by atoms with Crippen molar-refractivity contribution < 1.29 is 4.79 Å². The van der Waals surface area contributed by atoms with Crippen LogP contribution in [0.2, 0.25) is 0 Å². The predicted molar refractivity (Wildman–Crippen MR) is 105 cm³/mol. The third-order valence-corrected chi connectivity index (χ3v) is 4.42. The first kappa shape index (κ1) is 18.1. The molecular formula is C20H25N5O. The first-order valence-corrected chi connectivity index (χ1v) is 8.85. The SMILES string of the molecule is Nc1ccc(/C=N/NC(=O)CN2CCN(Cc3ccccc3)CC2)cc1. The van der Waals surface area contributed by atoms with Crippen LogP contribution in [0.3, 0.4) is 0 Å². The van der Waals surface area contributed by atoms with Crippen molar-refractivity contribution >= 4 is 17.8 Å². The summed E-state index contributed by atoms with van der Waals surface area (Å²) in [5.41, 5.74) is 11.2. The van der Waals surface area contributed by atoms with Gasteiger partial charge in [-0.05, 0) is 23.3 Å². The van der Waals surface area contributed by atoms with Crippen LogP contribution in [0.25, 0.3) is 0 Å². The van der Waals surface area contributed by atoms with Crippen LogP contribution in [0.4, 0.5) is 5.69 Å². The van der Waals surface area contributed by atoms with E-state index >= 15 is 0 Å². The van der Waals surface area contributed by atoms with Crippen molar-refractivity contribution in [1.82, 2.24) is 15.2 Å². The van der Waals surface area contributed by atoms with E-state index in [1.807, 2.05) is 18.2 Å². The number of nitrogens with zero attached hydrogens (tertiary/aromatic N) is 3. The van der Waals surface area contributed by atoms with Crippen LogP contribution in [-0.2, 0) is 11.3 Å². The lowest BCUT2D eigenvalue weighted by molar-refractivity contribution is -0.122. The summed E-state index contributed by atoms with van der Waals surface area (Å²) in [5, 5.41) is 4.01. The van der Waals surface area contributed by atoms with Crippen molar-refractivity contribution in [1.29, 1.82) is 0 Å². The third-order valence-electron chi connectivity index (χ3n) is 4.42. The molecule has 2 aromatic rings. The first-order valence-electron chi connectivity index (χ1n) is 8.85. The lowest BCUT2D eigenvalue weighted by atomic mass is 10.2. The number of nitrogen functional groups attached to an aromatic ring is 1. The van der Waals surface area contributed by atoms with Crippen molar-refractivity contribution in [3.05, 3.63) is 65.7 Å². The fourth-order valence-electron chi connectivity index (χ4n) is 2.95. The average Bonchev–Trinajstić information content (AvgIpc) is 2.66. The predicted octanol–water partition coefficient (Wildman–Crippen LogP) is 1.54. The molecule has 1 fully saturated rings. The monoisotopic (exact) mass is 351 g/mol. The standard InChI is InChI=1S/C20H25N5O/c21-19-8-6-17(7-9-19)14-22-23-20(26)16-25-12-10-24(11-13-25)15-18-4-2-1-3-5-18/h1-9,14H,10-13,15-16,21H2,(H,23,26)/b22-14+. The third kappa shape index (κ3) is 5.68. The number of nitrogens with one attached hydrogen (secondary N) is 1. The van der Waals surface area contributed by atoms with Crippen molar-refractivity contribution in [3.63, 3.8) is 0 Å². The highest BCUT2D eigenvalue weighted by Gasteiger charge is 2.18. The van der Waals surface area contributed by atoms with Crippen LogP contribution in [0, 0.1) is 0 Å². The maximum Gasteiger partial charge on any atom is 0.254 e. The molecule has 1 aliphatic heterocycles. The van der Waals surface area contributed by atoms with Crippen LogP contribution in [0.15, 0.2) is 59.7 Å². The molecule has 0 atom stereocenters. The van der Waals surface area contributed by atoms with Gasteiger partial charge >= 0.3 is 0 Å². The molecule has 136 valence electrons. The molecule has 0 aliphatic carbocycles. The smallest absolute Gasteiger partial charge is 0.254 e. The number of hydrazone groups is 1. The molecule has 0 radical (unpaired) electrons. The number of benzene rings is 2. The van der Waals surface area contributed by atoms with Crippen molar-refractivity contribution in [2.24, 2.45) is 5.10 Å². The first-order chi connectivity index (χ1) is 12.7. The summed E-state index contributed by atoms with van der Waals surface area (Å²) >= 11 is 0. The van der Waals surface area contributed by atoms with Gasteiger partial charge in [-0.3, -0.25) is 14.6 Å². The number of nitrogens with two attached hydrogens (primary N) is 1. The highest BCUT2D eigenvalue weighted by molar-refractivity contribution is 5.83. The molecule has 0 spiro atoms. The van der Waals surface area contributed by atoms with E-state index in [1.165, 1.54) is 5.56 Å². The van der Waals surface area contributed by atoms with Crippen molar-refractivity contribution in [2.45, 2.75) is 6.54 Å². The summed E-state index contributed by atoms with van der Waals surface area (Å²) in [6.07, 6.45) is 1.62. The van der Waals surface area contributed by atoms with E-state index in [1.54, 1.807) is 18.3 Å². The summed E-state index contributed by atoms with van der Waals surface area (Å²) in [6.45, 7) is 5.06. The summed E-state index contributed by atoms with van der Waals surface area (Å²) in [7, 11) is 0. The Kier molecular flexibility index (Phi) is 6.35. The summed E-state index contributed by atoms with van der Waals surface area (Å²) in [4.78, 5) is 16.6. The molecule has 6 heteroatoms. The van der Waals surface area contributed by atoms with E-state index in [4.69, 9.17) is 5.73 Å². The second-order valence-corrected chi connectivity index (χ2v) is 6.50. The zero-order valence-corrected chi connectivity index (χ0v) is 14.8. The molecule has 1 aliphatic rings. The Morgan fingerprint density at radius 3 is 2.35 bits per heavy atom. The summed E-state index contributed by atoms with van der Waals surface area (Å²) in [5.74, 6) is -0.0896. The Morgan fingerprint density at radius 2 is 1.65 bits per heavy atom. The van der Waals surface area contributed by atoms with Gasteiger partial charge in [0.25, 0.3) is 5.91 Å². The Bertz CT molecular complexity index is 722. The summed E-state index contributed by atoms with van der Waals surface area (Å²) in [6, 6.07) is 17.8. The van der Waals surface area contributed by atoms with E-state index < -0.39 is 0 Å². The van der Waals surface area contributed by atoms with Gasteiger partial charge in [-0.2, -0.15) is 5.10 Å². The van der Waals surface area contributed by atoms with E-state index in [0.717, 1.165) is 38.3 Å². The van der Waals surface area contributed by atoms with Crippen molar-refractivity contribution in [2.75, 3.05) is 38.5 Å². The van der Waals surface area contributed by atoms with Gasteiger partial charge in [0.05, 0.1) is 12.8 Å². The number of rotatable bonds is 6. The maximum absolute atomic E-state index is 12.0. The van der Waals surface area contributed by atoms with Gasteiger partial charge in [-0.15, -0.1) is 0 Å². The number of carbonyl (C=O) groups is 1. The maximum atomic E-state index is 12.0. The highest BCUT2D eigenvalue weighted by atomic mass is 16.2. The van der Waals surface area contributed by atoms with Crippen LogP contribution in [0.1, 0.15) is 11.1 Å². The lowest BCUT2D eigenvalue weighted by Crippen LogP contribution is -2.48. The van der Waals surface area contributed by atoms with Gasteiger partial charge in [-0.25, -0.2) is 5.43 Å². The highest BCUT2D eigenvalue weighted by Crippen LogP contribution is 2.08. The molecule has 0 unspecified atom stereocenters. The van der Waals surface area contributed by atoms with E-state index in [9.17, 15) is 4.79 Å². The van der Waals surface area contributed by atoms with Gasteiger partial charge in [0.2, 0.25) is 0 Å². The van der Waals surface area contributed by atoms with Gasteiger partial charge in [0.15, 0.2) is 0 Å². The van der Waals surface area contributed by atoms with Crippen LogP contribution in [-0.4, -0.2) is 54.6 Å². The molecule has 3 N–H and O–H groups in total. The number of amides is 1. The van der Waals surface area contributed by atoms with E-state index in [-0.39, 0.29) is 5.91 Å². The van der Waals surface area contributed by atoms with Crippen LogP contribution >= 0.6 is 0 Å². The molecule has 0 saturated carbocycles. The van der Waals surface area contributed by atoms with E-state index in [2.05, 4.69) is 44.6 Å². The molecule has 6 nitrogen and oxygen atoms in total. The minimum Gasteiger partial charge on any atom is -0.399 e. The minimum atomic E-state index is -0.0896. The Hall–Kier alpha value is -2.70. The molecule has 1 saturated heterocycles. The Balaban J connectivity index is 1.37. The molecule has 1 amide bonds. The molecule has 0 aromatic heterocycles. The Labute approximate surface area is 154 Å². The molecule has 2 aromatic carbocycles. The van der Waals surface area contributed by atoms with Crippen molar-refractivity contribution in [3.8, 4) is 0 Å². The van der Waals surface area contributed by atoms with Gasteiger partial charge < -0.3 is 5.73 Å². The van der Waals surface area contributed by atoms with Gasteiger partial charge in [-0.1, -0.05) is 42.5 Å². The topological polar surface area (TPSA) is 74.0 Å². The Morgan fingerprint density at radius 1 is 1.00 bits per heavy atom. The zero-order valence-electron chi connectivity index (χ0n) is 14.8. The number of piperazine rings is 1. The van der Waals surface area contributed by atoms with Crippen LogP contribution in [0.5, 0.6) is 0 Å². The summed E-state index contributed by atoms with van der Waals surface area (Å²) < 4.78 is 0. The lowest BCUT2D eigenvalue weighted by Gasteiger charge is -2.34.